The van der Waals surface area contributed by atoms with Gasteiger partial charge in [-0.15, -0.1) is 0 Å². The minimum absolute atomic E-state index is 0.0269. The Bertz CT molecular complexity index is 115. The predicted octanol–water partition coefficient (Wildman–Crippen LogP) is 2.60. The van der Waals surface area contributed by atoms with E-state index in [2.05, 4.69) is 20.8 Å². The van der Waals surface area contributed by atoms with E-state index in [0.717, 1.165) is 25.7 Å². The molecule has 0 fully saturated rings. The number of aliphatic hydroxyl groups is 1. The maximum atomic E-state index is 9.82. The van der Waals surface area contributed by atoms with Gasteiger partial charge in [0.2, 0.25) is 0 Å². The first kappa shape index (κ1) is 12.9. The van der Waals surface area contributed by atoms with Crippen molar-refractivity contribution >= 4 is 0 Å². The van der Waals surface area contributed by atoms with E-state index in [-0.39, 0.29) is 12.2 Å². The fourth-order valence-corrected chi connectivity index (χ4v) is 1.48. The topological polar surface area (TPSA) is 29.5 Å². The van der Waals surface area contributed by atoms with E-state index in [9.17, 15) is 5.11 Å². The molecule has 0 heterocycles. The van der Waals surface area contributed by atoms with Crippen molar-refractivity contribution in [2.75, 3.05) is 7.11 Å². The first-order valence-corrected chi connectivity index (χ1v) is 5.36. The second-order valence-electron chi connectivity index (χ2n) is 3.88. The Morgan fingerprint density at radius 2 is 1.92 bits per heavy atom. The highest BCUT2D eigenvalue weighted by Crippen LogP contribution is 2.16. The van der Waals surface area contributed by atoms with E-state index in [1.54, 1.807) is 7.11 Å². The Labute approximate surface area is 82.3 Å². The zero-order chi connectivity index (χ0) is 10.3. The number of methoxy groups -OCH3 is 1. The molecule has 0 aliphatic heterocycles. The monoisotopic (exact) mass is 188 g/mol. The average molecular weight is 188 g/mol. The third kappa shape index (κ3) is 5.27. The summed E-state index contributed by atoms with van der Waals surface area (Å²) < 4.78 is 5.25. The third-order valence-corrected chi connectivity index (χ3v) is 2.65. The van der Waals surface area contributed by atoms with Crippen LogP contribution >= 0.6 is 0 Å². The van der Waals surface area contributed by atoms with Crippen molar-refractivity contribution in [1.82, 2.24) is 0 Å². The Balaban J connectivity index is 3.82. The molecule has 0 radical (unpaired) electrons. The van der Waals surface area contributed by atoms with Gasteiger partial charge in [0.1, 0.15) is 0 Å². The minimum atomic E-state index is -0.292. The van der Waals surface area contributed by atoms with Crippen LogP contribution in [0, 0.1) is 5.92 Å². The highest BCUT2D eigenvalue weighted by molar-refractivity contribution is 4.70. The fourth-order valence-electron chi connectivity index (χ4n) is 1.48. The molecule has 80 valence electrons. The predicted molar refractivity (Wildman–Crippen MR) is 55.8 cm³/mol. The Morgan fingerprint density at radius 3 is 2.31 bits per heavy atom. The molecule has 0 rings (SSSR count). The highest BCUT2D eigenvalue weighted by atomic mass is 16.5. The quantitative estimate of drug-likeness (QED) is 0.665. The van der Waals surface area contributed by atoms with Gasteiger partial charge in [0.25, 0.3) is 0 Å². The summed E-state index contributed by atoms with van der Waals surface area (Å²) in [6.07, 6.45) is 3.73. The van der Waals surface area contributed by atoms with Gasteiger partial charge in [-0.3, -0.25) is 0 Å². The van der Waals surface area contributed by atoms with Gasteiger partial charge >= 0.3 is 0 Å². The minimum Gasteiger partial charge on any atom is -0.390 e. The molecule has 3 unspecified atom stereocenters. The van der Waals surface area contributed by atoms with Crippen molar-refractivity contribution in [3.8, 4) is 0 Å². The molecule has 0 amide bonds. The first-order chi connectivity index (χ1) is 6.15. The number of ether oxygens (including phenoxy) is 1. The molecule has 0 aromatic carbocycles. The summed E-state index contributed by atoms with van der Waals surface area (Å²) in [4.78, 5) is 0. The third-order valence-electron chi connectivity index (χ3n) is 2.65. The van der Waals surface area contributed by atoms with Crippen LogP contribution < -0.4 is 0 Å². The van der Waals surface area contributed by atoms with Gasteiger partial charge in [0, 0.05) is 7.11 Å². The summed E-state index contributed by atoms with van der Waals surface area (Å²) in [6.45, 7) is 6.43. The molecule has 3 atom stereocenters. The van der Waals surface area contributed by atoms with E-state index in [1.807, 2.05) is 0 Å². The van der Waals surface area contributed by atoms with E-state index in [0.29, 0.717) is 5.92 Å². The lowest BCUT2D eigenvalue weighted by Gasteiger charge is -2.23. The van der Waals surface area contributed by atoms with Crippen LogP contribution in [0.25, 0.3) is 0 Å². The largest absolute Gasteiger partial charge is 0.390 e. The summed E-state index contributed by atoms with van der Waals surface area (Å²) in [5.41, 5.74) is 0. The van der Waals surface area contributed by atoms with Crippen LogP contribution in [0.3, 0.4) is 0 Å². The molecule has 0 bridgehead atoms. The summed E-state index contributed by atoms with van der Waals surface area (Å²) in [5.74, 6) is 0.588. The van der Waals surface area contributed by atoms with Crippen LogP contribution in [0.5, 0.6) is 0 Å². The van der Waals surface area contributed by atoms with Crippen LogP contribution in [0.15, 0.2) is 0 Å². The summed E-state index contributed by atoms with van der Waals surface area (Å²) in [5, 5.41) is 9.82. The smallest absolute Gasteiger partial charge is 0.0830 e. The zero-order valence-corrected chi connectivity index (χ0v) is 9.42. The van der Waals surface area contributed by atoms with Gasteiger partial charge in [-0.2, -0.15) is 0 Å². The van der Waals surface area contributed by atoms with Crippen LogP contribution in [0.1, 0.15) is 46.5 Å². The molecule has 0 saturated heterocycles. The average Bonchev–Trinajstić information content (AvgIpc) is 2.13. The molecule has 0 aliphatic rings. The summed E-state index contributed by atoms with van der Waals surface area (Å²) in [6, 6.07) is 0. The van der Waals surface area contributed by atoms with Crippen molar-refractivity contribution < 1.29 is 9.84 Å². The Hall–Kier alpha value is -0.0800. The second-order valence-corrected chi connectivity index (χ2v) is 3.88. The Morgan fingerprint density at radius 1 is 1.31 bits per heavy atom. The lowest BCUT2D eigenvalue weighted by molar-refractivity contribution is -0.0265. The lowest BCUT2D eigenvalue weighted by atomic mass is 9.96. The molecule has 0 aromatic rings. The molecule has 0 aromatic heterocycles. The molecule has 2 nitrogen and oxygen atoms in total. The maximum Gasteiger partial charge on any atom is 0.0830 e. The Kier molecular flexibility index (Phi) is 7.29. The molecule has 0 aliphatic carbocycles. The molecule has 0 spiro atoms. The lowest BCUT2D eigenvalue weighted by Crippen LogP contribution is -2.29. The van der Waals surface area contributed by atoms with Gasteiger partial charge in [-0.1, -0.05) is 33.6 Å². The fraction of sp³-hybridized carbons (Fsp3) is 1.00. The normalized spacial score (nSPS) is 18.2. The molecule has 13 heavy (non-hydrogen) atoms. The maximum absolute atomic E-state index is 9.82. The van der Waals surface area contributed by atoms with Crippen molar-refractivity contribution in [3.63, 3.8) is 0 Å². The van der Waals surface area contributed by atoms with Gasteiger partial charge in [0.15, 0.2) is 0 Å². The van der Waals surface area contributed by atoms with Gasteiger partial charge < -0.3 is 9.84 Å². The van der Waals surface area contributed by atoms with Crippen LogP contribution in [-0.4, -0.2) is 24.4 Å². The highest BCUT2D eigenvalue weighted by Gasteiger charge is 2.19. The van der Waals surface area contributed by atoms with E-state index in [4.69, 9.17) is 4.74 Å². The SMILES string of the molecule is CCCC(OC)C(O)CC(C)CC. The number of aliphatic hydroxyl groups excluding tert-OH is 1. The van der Waals surface area contributed by atoms with Gasteiger partial charge in [-0.25, -0.2) is 0 Å². The van der Waals surface area contributed by atoms with Crippen LogP contribution in [-0.2, 0) is 4.74 Å². The van der Waals surface area contributed by atoms with Gasteiger partial charge in [-0.05, 0) is 18.8 Å². The molecule has 2 heteroatoms. The molecule has 1 N–H and O–H groups in total. The number of rotatable bonds is 7. The molecule has 0 saturated carbocycles. The van der Waals surface area contributed by atoms with Gasteiger partial charge in [0.05, 0.1) is 12.2 Å². The van der Waals surface area contributed by atoms with Crippen molar-refractivity contribution in [1.29, 1.82) is 0 Å². The van der Waals surface area contributed by atoms with Crippen LogP contribution in [0.4, 0.5) is 0 Å². The summed E-state index contributed by atoms with van der Waals surface area (Å²) >= 11 is 0. The van der Waals surface area contributed by atoms with Crippen molar-refractivity contribution in [3.05, 3.63) is 0 Å². The molecular weight excluding hydrogens is 164 g/mol. The van der Waals surface area contributed by atoms with E-state index < -0.39 is 0 Å². The second kappa shape index (κ2) is 7.34. The summed E-state index contributed by atoms with van der Waals surface area (Å²) in [7, 11) is 1.68. The van der Waals surface area contributed by atoms with Crippen molar-refractivity contribution in [2.45, 2.75) is 58.7 Å². The zero-order valence-electron chi connectivity index (χ0n) is 9.42. The van der Waals surface area contributed by atoms with Crippen molar-refractivity contribution in [2.24, 2.45) is 5.92 Å². The number of hydrogen-bond donors (Lipinski definition) is 1. The standard InChI is InChI=1S/C11H24O2/c1-5-7-11(13-4)10(12)8-9(3)6-2/h9-12H,5-8H2,1-4H3. The van der Waals surface area contributed by atoms with Crippen LogP contribution in [0.2, 0.25) is 0 Å². The first-order valence-electron chi connectivity index (χ1n) is 5.36. The number of hydrogen-bond acceptors (Lipinski definition) is 2. The van der Waals surface area contributed by atoms with E-state index >= 15 is 0 Å². The van der Waals surface area contributed by atoms with E-state index in [1.165, 1.54) is 0 Å². The molecular formula is C11H24O2.